The number of fused-ring (bicyclic) bond motifs is 1. The summed E-state index contributed by atoms with van der Waals surface area (Å²) in [6, 6.07) is 0. The fraction of sp³-hybridized carbons (Fsp3) is 0.767. The number of hydrogen-bond acceptors (Lipinski definition) is 3. The molecule has 4 heteroatoms. The molecule has 194 valence electrons. The summed E-state index contributed by atoms with van der Waals surface area (Å²) in [4.78, 5) is 11.6. The minimum absolute atomic E-state index is 0.0899. The Labute approximate surface area is 223 Å². The third kappa shape index (κ3) is 9.35. The van der Waals surface area contributed by atoms with Crippen LogP contribution in [0.3, 0.4) is 0 Å². The van der Waals surface area contributed by atoms with Crippen molar-refractivity contribution < 1.29 is 14.3 Å². The number of carbonyl (C=O) groups excluding carboxylic acids is 1. The molecule has 1 aliphatic rings. The molecule has 0 radical (unpaired) electrons. The monoisotopic (exact) mass is 584 g/mol. The summed E-state index contributed by atoms with van der Waals surface area (Å²) >= 11 is 2.32. The number of halogens is 1. The Hall–Kier alpha value is -0.780. The largest absolute Gasteiger partial charge is 0.487 e. The van der Waals surface area contributed by atoms with E-state index in [4.69, 9.17) is 9.47 Å². The highest BCUT2D eigenvalue weighted by atomic mass is 127. The standard InChI is InChI=1S/C30H49IO3/c1-6-7-8-9-10-11-12-13-14-15-16-17-18-19-21-30(5)22-20-26-27(31)29(33-25(4)32)24(3)23(2)28(26)34-30/h6-22H2,1-5H3/t30-/m1/s1. The Morgan fingerprint density at radius 1 is 0.882 bits per heavy atom. The molecule has 0 fully saturated rings. The minimum Gasteiger partial charge on any atom is -0.487 e. The summed E-state index contributed by atoms with van der Waals surface area (Å²) in [6.45, 7) is 10.2. The van der Waals surface area contributed by atoms with Crippen molar-refractivity contribution in [1.29, 1.82) is 0 Å². The number of ether oxygens (including phenoxy) is 2. The van der Waals surface area contributed by atoms with Gasteiger partial charge in [-0.15, -0.1) is 0 Å². The molecule has 1 heterocycles. The van der Waals surface area contributed by atoms with Gasteiger partial charge in [0.05, 0.1) is 3.57 Å². The van der Waals surface area contributed by atoms with Gasteiger partial charge >= 0.3 is 5.97 Å². The van der Waals surface area contributed by atoms with Crippen molar-refractivity contribution in [2.24, 2.45) is 0 Å². The maximum Gasteiger partial charge on any atom is 0.308 e. The molecular weight excluding hydrogens is 535 g/mol. The van der Waals surface area contributed by atoms with Gasteiger partial charge in [-0.25, -0.2) is 0 Å². The lowest BCUT2D eigenvalue weighted by molar-refractivity contribution is -0.132. The molecule has 0 aliphatic carbocycles. The van der Waals surface area contributed by atoms with Crippen LogP contribution in [0.1, 0.15) is 140 Å². The summed E-state index contributed by atoms with van der Waals surface area (Å²) in [5, 5.41) is 0. The molecule has 1 aromatic rings. The molecule has 0 bridgehead atoms. The van der Waals surface area contributed by atoms with Crippen LogP contribution in [0.25, 0.3) is 0 Å². The zero-order valence-electron chi connectivity index (χ0n) is 22.6. The number of carbonyl (C=O) groups is 1. The fourth-order valence-electron chi connectivity index (χ4n) is 5.15. The van der Waals surface area contributed by atoms with Gasteiger partial charge in [0.25, 0.3) is 0 Å². The van der Waals surface area contributed by atoms with Gasteiger partial charge in [0.15, 0.2) is 0 Å². The van der Waals surface area contributed by atoms with Gasteiger partial charge in [-0.2, -0.15) is 0 Å². The molecule has 1 atom stereocenters. The Morgan fingerprint density at radius 3 is 1.88 bits per heavy atom. The molecule has 0 saturated heterocycles. The van der Waals surface area contributed by atoms with E-state index in [-0.39, 0.29) is 11.6 Å². The lowest BCUT2D eigenvalue weighted by Gasteiger charge is -2.38. The van der Waals surface area contributed by atoms with Gasteiger partial charge in [0.2, 0.25) is 0 Å². The predicted molar refractivity (Wildman–Crippen MR) is 152 cm³/mol. The predicted octanol–water partition coefficient (Wildman–Crippen LogP) is 9.79. The van der Waals surface area contributed by atoms with Gasteiger partial charge in [-0.05, 0) is 80.2 Å². The van der Waals surface area contributed by atoms with E-state index in [1.807, 2.05) is 6.92 Å². The maximum atomic E-state index is 11.6. The van der Waals surface area contributed by atoms with E-state index in [0.29, 0.717) is 5.75 Å². The Kier molecular flexibility index (Phi) is 13.3. The summed E-state index contributed by atoms with van der Waals surface area (Å²) in [5.74, 6) is 1.47. The topological polar surface area (TPSA) is 35.5 Å². The second-order valence-electron chi connectivity index (χ2n) is 10.7. The summed E-state index contributed by atoms with van der Waals surface area (Å²) in [7, 11) is 0. The molecule has 1 aromatic carbocycles. The van der Waals surface area contributed by atoms with Gasteiger partial charge in [0, 0.05) is 12.5 Å². The first-order valence-corrected chi connectivity index (χ1v) is 15.1. The second kappa shape index (κ2) is 15.4. The van der Waals surface area contributed by atoms with Crippen molar-refractivity contribution in [3.8, 4) is 11.5 Å². The lowest BCUT2D eigenvalue weighted by Crippen LogP contribution is -2.37. The van der Waals surface area contributed by atoms with E-state index in [1.54, 1.807) is 0 Å². The molecule has 0 N–H and O–H groups in total. The quantitative estimate of drug-likeness (QED) is 0.0840. The van der Waals surface area contributed by atoms with Crippen molar-refractivity contribution in [2.45, 2.75) is 149 Å². The zero-order valence-corrected chi connectivity index (χ0v) is 24.8. The van der Waals surface area contributed by atoms with Crippen molar-refractivity contribution in [2.75, 3.05) is 0 Å². The molecule has 0 amide bonds. The maximum absolute atomic E-state index is 11.6. The van der Waals surface area contributed by atoms with Crippen LogP contribution in [0, 0.1) is 17.4 Å². The van der Waals surface area contributed by atoms with Crippen LogP contribution >= 0.6 is 22.6 Å². The molecule has 3 nitrogen and oxygen atoms in total. The van der Waals surface area contributed by atoms with Crippen molar-refractivity contribution in [3.05, 3.63) is 20.3 Å². The van der Waals surface area contributed by atoms with Crippen LogP contribution in [0.15, 0.2) is 0 Å². The zero-order chi connectivity index (χ0) is 25.0. The number of benzene rings is 1. The third-order valence-electron chi connectivity index (χ3n) is 7.54. The van der Waals surface area contributed by atoms with Gasteiger partial charge in [-0.1, -0.05) is 90.4 Å². The third-order valence-corrected chi connectivity index (χ3v) is 8.68. The van der Waals surface area contributed by atoms with E-state index >= 15 is 0 Å². The van der Waals surface area contributed by atoms with Crippen LogP contribution in [0.2, 0.25) is 0 Å². The number of esters is 1. The first-order chi connectivity index (χ1) is 16.3. The Morgan fingerprint density at radius 2 is 1.38 bits per heavy atom. The van der Waals surface area contributed by atoms with Gasteiger partial charge < -0.3 is 9.47 Å². The normalized spacial score (nSPS) is 17.4. The van der Waals surface area contributed by atoms with Crippen molar-refractivity contribution >= 4 is 28.6 Å². The smallest absolute Gasteiger partial charge is 0.308 e. The van der Waals surface area contributed by atoms with Crippen LogP contribution < -0.4 is 9.47 Å². The number of rotatable bonds is 16. The van der Waals surface area contributed by atoms with Crippen LogP contribution in [-0.2, 0) is 11.2 Å². The van der Waals surface area contributed by atoms with Gasteiger partial charge in [-0.3, -0.25) is 4.79 Å². The number of hydrogen-bond donors (Lipinski definition) is 0. The Bertz CT molecular complexity index is 773. The first-order valence-electron chi connectivity index (χ1n) is 14.0. The van der Waals surface area contributed by atoms with E-state index < -0.39 is 0 Å². The Balaban J connectivity index is 1.66. The van der Waals surface area contributed by atoms with Crippen molar-refractivity contribution in [1.82, 2.24) is 0 Å². The van der Waals surface area contributed by atoms with E-state index in [0.717, 1.165) is 39.7 Å². The van der Waals surface area contributed by atoms with Gasteiger partial charge in [0.1, 0.15) is 17.1 Å². The summed E-state index contributed by atoms with van der Waals surface area (Å²) in [6.07, 6.45) is 22.6. The molecule has 0 aromatic heterocycles. The average molecular weight is 585 g/mol. The SMILES string of the molecule is CCCCCCCCCCCCCCCC[C@]1(C)CCc2c(I)c(OC(C)=O)c(C)c(C)c2O1. The molecule has 0 spiro atoms. The lowest BCUT2D eigenvalue weighted by atomic mass is 9.86. The van der Waals surface area contributed by atoms with E-state index in [1.165, 1.54) is 102 Å². The highest BCUT2D eigenvalue weighted by Gasteiger charge is 2.34. The summed E-state index contributed by atoms with van der Waals surface area (Å²) < 4.78 is 13.2. The minimum atomic E-state index is -0.264. The molecular formula is C30H49IO3. The highest BCUT2D eigenvalue weighted by molar-refractivity contribution is 14.1. The van der Waals surface area contributed by atoms with Crippen molar-refractivity contribution in [3.63, 3.8) is 0 Å². The fourth-order valence-corrected chi connectivity index (χ4v) is 6.18. The molecule has 1 aliphatic heterocycles. The molecule has 0 unspecified atom stereocenters. The van der Waals surface area contributed by atoms with Crippen LogP contribution in [0.4, 0.5) is 0 Å². The molecule has 0 saturated carbocycles. The van der Waals surface area contributed by atoms with E-state index in [9.17, 15) is 4.79 Å². The van der Waals surface area contributed by atoms with E-state index in [2.05, 4.69) is 43.4 Å². The second-order valence-corrected chi connectivity index (χ2v) is 11.8. The summed E-state index contributed by atoms with van der Waals surface area (Å²) in [5.41, 5.74) is 3.24. The van der Waals surface area contributed by atoms with Crippen LogP contribution in [-0.4, -0.2) is 11.6 Å². The number of unbranched alkanes of at least 4 members (excludes halogenated alkanes) is 13. The average Bonchev–Trinajstić information content (AvgIpc) is 2.80. The highest BCUT2D eigenvalue weighted by Crippen LogP contribution is 2.45. The first kappa shape index (κ1) is 29.5. The molecule has 2 rings (SSSR count). The van der Waals surface area contributed by atoms with Crippen LogP contribution in [0.5, 0.6) is 11.5 Å². The molecule has 34 heavy (non-hydrogen) atoms.